The lowest BCUT2D eigenvalue weighted by molar-refractivity contribution is -0.135. The normalized spacial score (nSPS) is 18.5. The number of hydrogen-bond donors (Lipinski definition) is 2. The third-order valence-electron chi connectivity index (χ3n) is 5.42. The van der Waals surface area contributed by atoms with E-state index in [1.807, 2.05) is 24.3 Å². The van der Waals surface area contributed by atoms with Gasteiger partial charge in [-0.15, -0.1) is 24.8 Å². The number of carbonyl (C=O) groups is 2. The van der Waals surface area contributed by atoms with Crippen molar-refractivity contribution in [2.75, 3.05) is 37.6 Å². The van der Waals surface area contributed by atoms with Crippen molar-refractivity contribution in [3.8, 4) is 0 Å². The van der Waals surface area contributed by atoms with Crippen LogP contribution in [0.4, 0.5) is 5.69 Å². The summed E-state index contributed by atoms with van der Waals surface area (Å²) in [6.45, 7) is 2.85. The highest BCUT2D eigenvalue weighted by Gasteiger charge is 2.35. The van der Waals surface area contributed by atoms with E-state index in [2.05, 4.69) is 10.2 Å². The average molecular weight is 452 g/mol. The summed E-state index contributed by atoms with van der Waals surface area (Å²) in [4.78, 5) is 28.8. The van der Waals surface area contributed by atoms with E-state index < -0.39 is 5.54 Å². The molecule has 1 saturated carbocycles. The fraction of sp³-hybridized carbons (Fsp3) is 0.579. The zero-order chi connectivity index (χ0) is 18.6. The third kappa shape index (κ3) is 6.14. The van der Waals surface area contributed by atoms with Gasteiger partial charge in [-0.1, -0.05) is 30.9 Å². The molecule has 3 rings (SSSR count). The number of anilines is 1. The molecule has 1 heterocycles. The molecule has 1 aromatic carbocycles. The maximum absolute atomic E-state index is 12.4. The first kappa shape index (κ1) is 24.8. The van der Waals surface area contributed by atoms with E-state index >= 15 is 0 Å². The quantitative estimate of drug-likeness (QED) is 0.737. The van der Waals surface area contributed by atoms with Crippen molar-refractivity contribution in [3.63, 3.8) is 0 Å². The maximum atomic E-state index is 12.4. The Morgan fingerprint density at radius 1 is 1.00 bits per heavy atom. The Balaban J connectivity index is 0.00000196. The Hall–Kier alpha value is -1.21. The van der Waals surface area contributed by atoms with Crippen LogP contribution in [-0.2, 0) is 9.59 Å². The van der Waals surface area contributed by atoms with Gasteiger partial charge >= 0.3 is 0 Å². The zero-order valence-electron chi connectivity index (χ0n) is 15.9. The molecule has 6 nitrogen and oxygen atoms in total. The molecule has 158 valence electrons. The summed E-state index contributed by atoms with van der Waals surface area (Å²) in [6.07, 6.45) is 4.48. The minimum absolute atomic E-state index is 0. The lowest BCUT2D eigenvalue weighted by Gasteiger charge is -2.36. The minimum atomic E-state index is -0.800. The van der Waals surface area contributed by atoms with Crippen LogP contribution in [0.15, 0.2) is 24.3 Å². The Kier molecular flexibility index (Phi) is 9.84. The van der Waals surface area contributed by atoms with Crippen LogP contribution in [-0.4, -0.2) is 55.0 Å². The molecule has 1 aromatic rings. The number of nitrogens with zero attached hydrogens (tertiary/aromatic N) is 2. The zero-order valence-corrected chi connectivity index (χ0v) is 18.3. The van der Waals surface area contributed by atoms with E-state index in [-0.39, 0.29) is 43.2 Å². The molecule has 2 fully saturated rings. The van der Waals surface area contributed by atoms with Crippen LogP contribution in [0.3, 0.4) is 0 Å². The van der Waals surface area contributed by atoms with Gasteiger partial charge in [0, 0.05) is 36.9 Å². The first-order chi connectivity index (χ1) is 12.5. The lowest BCUT2D eigenvalue weighted by Crippen LogP contribution is -2.57. The number of benzene rings is 1. The number of carbonyl (C=O) groups excluding carboxylic acids is 2. The van der Waals surface area contributed by atoms with Gasteiger partial charge in [-0.2, -0.15) is 0 Å². The first-order valence-electron chi connectivity index (χ1n) is 9.33. The van der Waals surface area contributed by atoms with Gasteiger partial charge in [-0.25, -0.2) is 0 Å². The lowest BCUT2D eigenvalue weighted by atomic mass is 9.82. The molecular formula is C19H29Cl3N4O2. The summed E-state index contributed by atoms with van der Waals surface area (Å²) in [5, 5.41) is 3.47. The van der Waals surface area contributed by atoms with Crippen molar-refractivity contribution in [2.24, 2.45) is 5.73 Å². The molecule has 2 aliphatic rings. The van der Waals surface area contributed by atoms with Crippen LogP contribution in [0, 0.1) is 0 Å². The molecular weight excluding hydrogens is 423 g/mol. The number of piperazine rings is 1. The molecule has 28 heavy (non-hydrogen) atoms. The molecule has 0 radical (unpaired) electrons. The van der Waals surface area contributed by atoms with Crippen LogP contribution in [0.1, 0.15) is 32.1 Å². The summed E-state index contributed by atoms with van der Waals surface area (Å²) in [6, 6.07) is 7.73. The highest BCUT2D eigenvalue weighted by Crippen LogP contribution is 2.26. The summed E-state index contributed by atoms with van der Waals surface area (Å²) in [7, 11) is 0. The molecule has 0 bridgehead atoms. The second kappa shape index (κ2) is 11.1. The summed E-state index contributed by atoms with van der Waals surface area (Å²) in [5.41, 5.74) is 6.52. The maximum Gasteiger partial charge on any atom is 0.242 e. The minimum Gasteiger partial charge on any atom is -0.368 e. The number of halogens is 3. The number of nitrogens with one attached hydrogen (secondary N) is 1. The average Bonchev–Trinajstić information content (AvgIpc) is 2.67. The van der Waals surface area contributed by atoms with E-state index in [0.717, 1.165) is 38.0 Å². The predicted molar refractivity (Wildman–Crippen MR) is 118 cm³/mol. The van der Waals surface area contributed by atoms with E-state index in [1.54, 1.807) is 4.90 Å². The molecule has 1 saturated heterocycles. The topological polar surface area (TPSA) is 78.7 Å². The first-order valence-corrected chi connectivity index (χ1v) is 9.71. The predicted octanol–water partition coefficient (Wildman–Crippen LogP) is 2.61. The smallest absolute Gasteiger partial charge is 0.242 e. The Morgan fingerprint density at radius 3 is 2.14 bits per heavy atom. The van der Waals surface area contributed by atoms with Gasteiger partial charge in [0.1, 0.15) is 0 Å². The summed E-state index contributed by atoms with van der Waals surface area (Å²) < 4.78 is 0. The van der Waals surface area contributed by atoms with Crippen LogP contribution in [0.5, 0.6) is 0 Å². The van der Waals surface area contributed by atoms with Gasteiger partial charge in [-0.05, 0) is 37.1 Å². The van der Waals surface area contributed by atoms with Gasteiger partial charge in [0.25, 0.3) is 0 Å². The van der Waals surface area contributed by atoms with Crippen LogP contribution >= 0.6 is 36.4 Å². The Morgan fingerprint density at radius 2 is 1.57 bits per heavy atom. The number of hydrogen-bond acceptors (Lipinski definition) is 4. The second-order valence-corrected chi connectivity index (χ2v) is 7.68. The second-order valence-electron chi connectivity index (χ2n) is 7.24. The molecule has 1 aliphatic carbocycles. The monoisotopic (exact) mass is 450 g/mol. The van der Waals surface area contributed by atoms with Gasteiger partial charge in [0.05, 0.1) is 12.1 Å². The van der Waals surface area contributed by atoms with Crippen molar-refractivity contribution in [2.45, 2.75) is 37.6 Å². The molecule has 1 aliphatic heterocycles. The van der Waals surface area contributed by atoms with Crippen molar-refractivity contribution in [1.82, 2.24) is 10.2 Å². The SMILES string of the molecule is Cl.Cl.NC1(C(=O)NCC(=O)N2CCN(c3ccc(Cl)cc3)CC2)CCCCC1. The molecule has 0 aromatic heterocycles. The molecule has 2 amide bonds. The highest BCUT2D eigenvalue weighted by molar-refractivity contribution is 6.30. The van der Waals surface area contributed by atoms with Gasteiger partial charge in [0.15, 0.2) is 0 Å². The Labute approximate surface area is 184 Å². The van der Waals surface area contributed by atoms with E-state index in [0.29, 0.717) is 31.0 Å². The van der Waals surface area contributed by atoms with Crippen LogP contribution < -0.4 is 16.0 Å². The fourth-order valence-corrected chi connectivity index (χ4v) is 3.85. The summed E-state index contributed by atoms with van der Waals surface area (Å²) in [5.74, 6) is -0.237. The molecule has 0 atom stereocenters. The van der Waals surface area contributed by atoms with Crippen molar-refractivity contribution in [1.29, 1.82) is 0 Å². The Bertz CT molecular complexity index is 643. The van der Waals surface area contributed by atoms with Crippen molar-refractivity contribution >= 4 is 53.9 Å². The van der Waals surface area contributed by atoms with Gasteiger partial charge in [-0.3, -0.25) is 9.59 Å². The fourth-order valence-electron chi connectivity index (χ4n) is 3.72. The number of nitrogens with two attached hydrogens (primary N) is 1. The molecule has 3 N–H and O–H groups in total. The standard InChI is InChI=1S/C19H27ClN4O2.2ClH/c20-15-4-6-16(7-5-15)23-10-12-24(13-11-23)17(25)14-22-18(26)19(21)8-2-1-3-9-19;;/h4-7H,1-3,8-14,21H2,(H,22,26);2*1H. The van der Waals surface area contributed by atoms with Crippen molar-refractivity contribution < 1.29 is 9.59 Å². The van der Waals surface area contributed by atoms with E-state index in [4.69, 9.17) is 17.3 Å². The van der Waals surface area contributed by atoms with Crippen LogP contribution in [0.25, 0.3) is 0 Å². The largest absolute Gasteiger partial charge is 0.368 e. The van der Waals surface area contributed by atoms with Gasteiger partial charge < -0.3 is 20.9 Å². The summed E-state index contributed by atoms with van der Waals surface area (Å²) >= 11 is 5.93. The highest BCUT2D eigenvalue weighted by atomic mass is 35.5. The number of amides is 2. The third-order valence-corrected chi connectivity index (χ3v) is 5.67. The number of rotatable bonds is 4. The molecule has 0 unspecified atom stereocenters. The van der Waals surface area contributed by atoms with Crippen molar-refractivity contribution in [3.05, 3.63) is 29.3 Å². The molecule has 9 heteroatoms. The van der Waals surface area contributed by atoms with E-state index in [9.17, 15) is 9.59 Å². The van der Waals surface area contributed by atoms with E-state index in [1.165, 1.54) is 0 Å². The van der Waals surface area contributed by atoms with Crippen LogP contribution in [0.2, 0.25) is 5.02 Å². The van der Waals surface area contributed by atoms with Gasteiger partial charge in [0.2, 0.25) is 11.8 Å². The molecule has 0 spiro atoms.